The fourth-order valence-electron chi connectivity index (χ4n) is 3.13. The Bertz CT molecular complexity index is 836. The first-order chi connectivity index (χ1) is 12.1. The van der Waals surface area contributed by atoms with Gasteiger partial charge in [-0.1, -0.05) is 35.9 Å². The van der Waals surface area contributed by atoms with E-state index in [0.717, 1.165) is 23.7 Å². The summed E-state index contributed by atoms with van der Waals surface area (Å²) >= 11 is 0. The summed E-state index contributed by atoms with van der Waals surface area (Å²) in [6.07, 6.45) is 1.80. The number of anilines is 4. The van der Waals surface area contributed by atoms with Crippen LogP contribution in [0, 0.1) is 20.8 Å². The van der Waals surface area contributed by atoms with Crippen LogP contribution >= 0.6 is 0 Å². The van der Waals surface area contributed by atoms with Crippen molar-refractivity contribution in [1.29, 1.82) is 0 Å². The highest BCUT2D eigenvalue weighted by atomic mass is 15.2. The van der Waals surface area contributed by atoms with Crippen LogP contribution in [0.3, 0.4) is 0 Å². The highest BCUT2D eigenvalue weighted by Gasteiger charge is 2.11. The SMILES string of the molecule is CCN(c1ccccc1)c1ccnc(Nc2c(C)cc(C)cc2C)n1. The van der Waals surface area contributed by atoms with Crippen molar-refractivity contribution in [1.82, 2.24) is 9.97 Å². The van der Waals surface area contributed by atoms with E-state index in [2.05, 4.69) is 67.2 Å². The van der Waals surface area contributed by atoms with E-state index in [1.54, 1.807) is 6.20 Å². The molecule has 2 aromatic carbocycles. The van der Waals surface area contributed by atoms with Crippen molar-refractivity contribution in [2.45, 2.75) is 27.7 Å². The topological polar surface area (TPSA) is 41.1 Å². The zero-order valence-electron chi connectivity index (χ0n) is 15.2. The number of nitrogens with one attached hydrogen (secondary N) is 1. The molecular formula is C21H24N4. The minimum absolute atomic E-state index is 0.613. The molecule has 4 nitrogen and oxygen atoms in total. The fraction of sp³-hybridized carbons (Fsp3) is 0.238. The lowest BCUT2D eigenvalue weighted by molar-refractivity contribution is 0.978. The van der Waals surface area contributed by atoms with Crippen LogP contribution in [0.2, 0.25) is 0 Å². The number of benzene rings is 2. The summed E-state index contributed by atoms with van der Waals surface area (Å²) in [5, 5.41) is 3.39. The number of aromatic nitrogens is 2. The number of nitrogens with zero attached hydrogens (tertiary/aromatic N) is 3. The summed E-state index contributed by atoms with van der Waals surface area (Å²) in [6, 6.07) is 16.6. The molecule has 0 unspecified atom stereocenters. The van der Waals surface area contributed by atoms with Gasteiger partial charge in [-0.05, 0) is 57.0 Å². The molecule has 0 aliphatic rings. The second-order valence-corrected chi connectivity index (χ2v) is 6.22. The Balaban J connectivity index is 1.92. The van der Waals surface area contributed by atoms with Crippen LogP contribution in [0.1, 0.15) is 23.6 Å². The molecule has 3 aromatic rings. The second-order valence-electron chi connectivity index (χ2n) is 6.22. The minimum atomic E-state index is 0.613. The number of rotatable bonds is 5. The third kappa shape index (κ3) is 3.79. The van der Waals surface area contributed by atoms with Crippen molar-refractivity contribution in [2.24, 2.45) is 0 Å². The van der Waals surface area contributed by atoms with Crippen LogP contribution in [-0.2, 0) is 0 Å². The first-order valence-corrected chi connectivity index (χ1v) is 8.59. The summed E-state index contributed by atoms with van der Waals surface area (Å²) in [4.78, 5) is 11.3. The van der Waals surface area contributed by atoms with Crippen LogP contribution in [-0.4, -0.2) is 16.5 Å². The Hall–Kier alpha value is -2.88. The molecule has 3 rings (SSSR count). The Labute approximate surface area is 149 Å². The molecule has 0 fully saturated rings. The molecule has 1 aromatic heterocycles. The Morgan fingerprint density at radius 2 is 1.64 bits per heavy atom. The van der Waals surface area contributed by atoms with Gasteiger partial charge in [0.25, 0.3) is 0 Å². The van der Waals surface area contributed by atoms with E-state index in [4.69, 9.17) is 4.98 Å². The summed E-state index contributed by atoms with van der Waals surface area (Å²) in [5.41, 5.74) is 5.85. The van der Waals surface area contributed by atoms with Crippen LogP contribution in [0.4, 0.5) is 23.1 Å². The average Bonchev–Trinajstić information content (AvgIpc) is 2.60. The van der Waals surface area contributed by atoms with E-state index in [-0.39, 0.29) is 0 Å². The minimum Gasteiger partial charge on any atom is -0.327 e. The van der Waals surface area contributed by atoms with Crippen molar-refractivity contribution in [3.05, 3.63) is 71.4 Å². The first-order valence-electron chi connectivity index (χ1n) is 8.59. The van der Waals surface area contributed by atoms with Crippen LogP contribution in [0.15, 0.2) is 54.7 Å². The molecule has 1 heterocycles. The van der Waals surface area contributed by atoms with Crippen LogP contribution in [0.5, 0.6) is 0 Å². The molecule has 0 radical (unpaired) electrons. The summed E-state index contributed by atoms with van der Waals surface area (Å²) < 4.78 is 0. The molecule has 1 N–H and O–H groups in total. The maximum Gasteiger partial charge on any atom is 0.229 e. The summed E-state index contributed by atoms with van der Waals surface area (Å²) in [7, 11) is 0. The molecule has 0 spiro atoms. The lowest BCUT2D eigenvalue weighted by Crippen LogP contribution is -2.18. The zero-order valence-corrected chi connectivity index (χ0v) is 15.2. The van der Waals surface area contributed by atoms with Gasteiger partial charge in [-0.25, -0.2) is 4.98 Å². The predicted octanol–water partition coefficient (Wildman–Crippen LogP) is 5.30. The van der Waals surface area contributed by atoms with Gasteiger partial charge in [0.15, 0.2) is 0 Å². The van der Waals surface area contributed by atoms with Crippen molar-refractivity contribution >= 4 is 23.1 Å². The van der Waals surface area contributed by atoms with Crippen molar-refractivity contribution in [3.63, 3.8) is 0 Å². The van der Waals surface area contributed by atoms with Crippen LogP contribution in [0.25, 0.3) is 0 Å². The summed E-state index contributed by atoms with van der Waals surface area (Å²) in [5.74, 6) is 1.50. The van der Waals surface area contributed by atoms with E-state index in [1.165, 1.54) is 16.7 Å². The quantitative estimate of drug-likeness (QED) is 0.688. The Kier molecular flexibility index (Phi) is 4.98. The molecule has 0 bridgehead atoms. The lowest BCUT2D eigenvalue weighted by atomic mass is 10.1. The maximum atomic E-state index is 4.72. The standard InChI is InChI=1S/C21H24N4/c1-5-25(18-9-7-6-8-10-18)19-11-12-22-21(23-19)24-20-16(3)13-15(2)14-17(20)4/h6-14H,5H2,1-4H3,(H,22,23,24). The molecule has 0 amide bonds. The molecular weight excluding hydrogens is 308 g/mol. The number of hydrogen-bond donors (Lipinski definition) is 1. The molecule has 4 heteroatoms. The van der Waals surface area contributed by atoms with Gasteiger partial charge < -0.3 is 10.2 Å². The predicted molar refractivity (Wildman–Crippen MR) is 105 cm³/mol. The van der Waals surface area contributed by atoms with Crippen molar-refractivity contribution in [3.8, 4) is 0 Å². The van der Waals surface area contributed by atoms with Crippen molar-refractivity contribution < 1.29 is 0 Å². The van der Waals surface area contributed by atoms with Gasteiger partial charge in [0, 0.05) is 24.1 Å². The highest BCUT2D eigenvalue weighted by molar-refractivity contribution is 5.66. The number of aryl methyl sites for hydroxylation is 3. The molecule has 0 atom stereocenters. The number of hydrogen-bond acceptors (Lipinski definition) is 4. The normalized spacial score (nSPS) is 10.6. The van der Waals surface area contributed by atoms with E-state index >= 15 is 0 Å². The average molecular weight is 332 g/mol. The second kappa shape index (κ2) is 7.34. The third-order valence-electron chi connectivity index (χ3n) is 4.22. The van der Waals surface area contributed by atoms with E-state index in [9.17, 15) is 0 Å². The Morgan fingerprint density at radius 3 is 2.28 bits per heavy atom. The lowest BCUT2D eigenvalue weighted by Gasteiger charge is -2.22. The molecule has 0 saturated heterocycles. The van der Waals surface area contributed by atoms with Gasteiger partial charge in [0.1, 0.15) is 5.82 Å². The zero-order chi connectivity index (χ0) is 17.8. The van der Waals surface area contributed by atoms with Crippen LogP contribution < -0.4 is 10.2 Å². The molecule has 128 valence electrons. The third-order valence-corrected chi connectivity index (χ3v) is 4.22. The largest absolute Gasteiger partial charge is 0.327 e. The number of para-hydroxylation sites is 1. The van der Waals surface area contributed by atoms with Gasteiger partial charge in [0.05, 0.1) is 0 Å². The van der Waals surface area contributed by atoms with Crippen molar-refractivity contribution in [2.75, 3.05) is 16.8 Å². The van der Waals surface area contributed by atoms with Gasteiger partial charge in [-0.15, -0.1) is 0 Å². The Morgan fingerprint density at radius 1 is 0.960 bits per heavy atom. The van der Waals surface area contributed by atoms with Gasteiger partial charge in [-0.2, -0.15) is 4.98 Å². The molecule has 0 aliphatic heterocycles. The van der Waals surface area contributed by atoms with Gasteiger partial charge >= 0.3 is 0 Å². The smallest absolute Gasteiger partial charge is 0.229 e. The van der Waals surface area contributed by atoms with E-state index in [0.29, 0.717) is 5.95 Å². The van der Waals surface area contributed by atoms with E-state index < -0.39 is 0 Å². The van der Waals surface area contributed by atoms with Gasteiger partial charge in [-0.3, -0.25) is 0 Å². The maximum absolute atomic E-state index is 4.72. The molecule has 25 heavy (non-hydrogen) atoms. The van der Waals surface area contributed by atoms with Gasteiger partial charge in [0.2, 0.25) is 5.95 Å². The fourth-order valence-corrected chi connectivity index (χ4v) is 3.13. The molecule has 0 aliphatic carbocycles. The first kappa shape index (κ1) is 17.0. The molecule has 0 saturated carbocycles. The van der Waals surface area contributed by atoms with E-state index in [1.807, 2.05) is 24.3 Å². The monoisotopic (exact) mass is 332 g/mol. The summed E-state index contributed by atoms with van der Waals surface area (Å²) in [6.45, 7) is 9.28. The highest BCUT2D eigenvalue weighted by Crippen LogP contribution is 2.27.